The maximum Gasteiger partial charge on any atom is 0.335 e. The van der Waals surface area contributed by atoms with Gasteiger partial charge in [0.15, 0.2) is 0 Å². The Morgan fingerprint density at radius 1 is 1.13 bits per heavy atom. The van der Waals surface area contributed by atoms with Crippen molar-refractivity contribution in [2.45, 2.75) is 12.6 Å². The van der Waals surface area contributed by atoms with Crippen molar-refractivity contribution >= 4 is 22.8 Å². The number of carbonyl (C=O) groups is 2. The third-order valence-corrected chi connectivity index (χ3v) is 5.70. The van der Waals surface area contributed by atoms with Crippen LogP contribution in [0.25, 0.3) is 10.9 Å². The van der Waals surface area contributed by atoms with Crippen molar-refractivity contribution < 1.29 is 19.8 Å². The zero-order chi connectivity index (χ0) is 21.3. The predicted octanol–water partition coefficient (Wildman–Crippen LogP) is 2.21. The highest BCUT2D eigenvalue weighted by molar-refractivity contribution is 5.96. The van der Waals surface area contributed by atoms with E-state index in [1.54, 1.807) is 29.1 Å². The van der Waals surface area contributed by atoms with E-state index in [4.69, 9.17) is 0 Å². The number of hydrogen-bond acceptors (Lipinski definition) is 5. The molecule has 4 rings (SSSR count). The molecule has 0 saturated carbocycles. The van der Waals surface area contributed by atoms with E-state index in [9.17, 15) is 19.8 Å². The fourth-order valence-electron chi connectivity index (χ4n) is 4.18. The highest BCUT2D eigenvalue weighted by Crippen LogP contribution is 2.31. The summed E-state index contributed by atoms with van der Waals surface area (Å²) in [6.45, 7) is 3.62. The number of benzene rings is 1. The molecule has 2 N–H and O–H groups in total. The van der Waals surface area contributed by atoms with Crippen molar-refractivity contribution in [3.05, 3.63) is 65.6 Å². The molecule has 1 atom stereocenters. The van der Waals surface area contributed by atoms with Crippen LogP contribution in [0.1, 0.15) is 27.5 Å². The third kappa shape index (κ3) is 3.92. The Labute approximate surface area is 174 Å². The molecule has 3 heterocycles. The van der Waals surface area contributed by atoms with Gasteiger partial charge in [-0.15, -0.1) is 0 Å². The van der Waals surface area contributed by atoms with E-state index >= 15 is 0 Å². The Bertz CT molecular complexity index is 1070. The summed E-state index contributed by atoms with van der Waals surface area (Å²) in [6, 6.07) is 8.02. The molecular weight excluding hydrogens is 384 g/mol. The molecule has 2 aromatic heterocycles. The maximum atomic E-state index is 12.2. The lowest BCUT2D eigenvalue weighted by atomic mass is 10.0. The molecule has 1 saturated heterocycles. The number of aromatic nitrogens is 2. The van der Waals surface area contributed by atoms with Crippen molar-refractivity contribution in [2.75, 3.05) is 26.2 Å². The Morgan fingerprint density at radius 3 is 2.53 bits per heavy atom. The molecule has 1 aliphatic rings. The number of aromatic carboxylic acids is 1. The Morgan fingerprint density at radius 2 is 1.90 bits per heavy atom. The highest BCUT2D eigenvalue weighted by atomic mass is 16.4. The van der Waals surface area contributed by atoms with Gasteiger partial charge in [-0.25, -0.2) is 4.79 Å². The second kappa shape index (κ2) is 8.25. The summed E-state index contributed by atoms with van der Waals surface area (Å²) in [6.07, 6.45) is 5.41. The van der Waals surface area contributed by atoms with E-state index in [2.05, 4.69) is 9.88 Å². The quantitative estimate of drug-likeness (QED) is 0.645. The van der Waals surface area contributed by atoms with Crippen molar-refractivity contribution in [1.29, 1.82) is 0 Å². The molecule has 156 valence electrons. The second-order valence-corrected chi connectivity index (χ2v) is 7.65. The van der Waals surface area contributed by atoms with Gasteiger partial charge < -0.3 is 14.8 Å². The number of piperazine rings is 1. The summed E-state index contributed by atoms with van der Waals surface area (Å²) in [5.41, 5.74) is 2.74. The van der Waals surface area contributed by atoms with E-state index < -0.39 is 18.0 Å². The first-order valence-electron chi connectivity index (χ1n) is 9.84. The van der Waals surface area contributed by atoms with Crippen LogP contribution in [0, 0.1) is 0 Å². The van der Waals surface area contributed by atoms with Crippen LogP contribution in [0.2, 0.25) is 0 Å². The van der Waals surface area contributed by atoms with Crippen LogP contribution in [0.15, 0.2) is 48.9 Å². The van der Waals surface area contributed by atoms with Gasteiger partial charge in [0.05, 0.1) is 5.56 Å². The predicted molar refractivity (Wildman–Crippen MR) is 111 cm³/mol. The molecule has 1 aromatic carbocycles. The Balaban J connectivity index is 1.55. The Kier molecular flexibility index (Phi) is 5.52. The number of aliphatic carboxylic acids is 1. The van der Waals surface area contributed by atoms with E-state index in [-0.39, 0.29) is 5.56 Å². The number of rotatable bonds is 6. The largest absolute Gasteiger partial charge is 0.480 e. The molecule has 0 spiro atoms. The van der Waals surface area contributed by atoms with Crippen LogP contribution in [0.3, 0.4) is 0 Å². The second-order valence-electron chi connectivity index (χ2n) is 7.65. The average molecular weight is 408 g/mol. The number of pyridine rings is 1. The van der Waals surface area contributed by atoms with Crippen LogP contribution in [-0.4, -0.2) is 67.7 Å². The molecule has 3 aromatic rings. The summed E-state index contributed by atoms with van der Waals surface area (Å²) in [5.74, 6) is -1.90. The van der Waals surface area contributed by atoms with Crippen LogP contribution in [-0.2, 0) is 18.4 Å². The average Bonchev–Trinajstić information content (AvgIpc) is 3.05. The van der Waals surface area contributed by atoms with E-state index in [1.165, 1.54) is 6.07 Å². The third-order valence-electron chi connectivity index (χ3n) is 5.70. The van der Waals surface area contributed by atoms with Gasteiger partial charge in [0.1, 0.15) is 6.04 Å². The molecule has 0 aliphatic carbocycles. The standard InChI is InChI=1S/C22H24N4O4/c1-24-14-18(17-5-4-16(21(27)28)11-19(17)24)20(22(29)30)26-9-7-25(8-10-26)13-15-3-2-6-23-12-15/h2-6,11-12,14,20H,7-10,13H2,1H3,(H,27,28)(H,29,30)/t20-/m0/s1. The van der Waals surface area contributed by atoms with Gasteiger partial charge in [-0.1, -0.05) is 12.1 Å². The van der Waals surface area contributed by atoms with Crippen LogP contribution < -0.4 is 0 Å². The van der Waals surface area contributed by atoms with Crippen LogP contribution in [0.5, 0.6) is 0 Å². The van der Waals surface area contributed by atoms with E-state index in [0.717, 1.165) is 30.6 Å². The molecule has 1 aliphatic heterocycles. The first-order valence-corrected chi connectivity index (χ1v) is 9.84. The molecule has 8 nitrogen and oxygen atoms in total. The lowest BCUT2D eigenvalue weighted by Crippen LogP contribution is -2.48. The Hall–Kier alpha value is -3.23. The van der Waals surface area contributed by atoms with E-state index in [0.29, 0.717) is 24.2 Å². The van der Waals surface area contributed by atoms with Gasteiger partial charge in [0, 0.05) is 74.8 Å². The zero-order valence-electron chi connectivity index (χ0n) is 16.7. The van der Waals surface area contributed by atoms with Gasteiger partial charge in [0.2, 0.25) is 0 Å². The first kappa shape index (κ1) is 20.1. The molecule has 0 radical (unpaired) electrons. The number of aryl methyl sites for hydroxylation is 1. The van der Waals surface area contributed by atoms with Crippen molar-refractivity contribution in [3.63, 3.8) is 0 Å². The van der Waals surface area contributed by atoms with Crippen molar-refractivity contribution in [2.24, 2.45) is 7.05 Å². The van der Waals surface area contributed by atoms with Crippen LogP contribution >= 0.6 is 0 Å². The highest BCUT2D eigenvalue weighted by Gasteiger charge is 2.32. The minimum absolute atomic E-state index is 0.186. The number of fused-ring (bicyclic) bond motifs is 1. The minimum Gasteiger partial charge on any atom is -0.480 e. The van der Waals surface area contributed by atoms with Crippen LogP contribution in [0.4, 0.5) is 0 Å². The zero-order valence-corrected chi connectivity index (χ0v) is 16.7. The molecule has 0 amide bonds. The summed E-state index contributed by atoms with van der Waals surface area (Å²) >= 11 is 0. The number of hydrogen-bond donors (Lipinski definition) is 2. The number of nitrogens with zero attached hydrogens (tertiary/aromatic N) is 4. The minimum atomic E-state index is -1.00. The molecule has 0 bridgehead atoms. The lowest BCUT2D eigenvalue weighted by molar-refractivity contribution is -0.144. The normalized spacial score (nSPS) is 16.6. The van der Waals surface area contributed by atoms with E-state index in [1.807, 2.05) is 30.3 Å². The van der Waals surface area contributed by atoms with Crippen molar-refractivity contribution in [3.8, 4) is 0 Å². The molecule has 8 heteroatoms. The maximum absolute atomic E-state index is 12.2. The molecule has 30 heavy (non-hydrogen) atoms. The summed E-state index contributed by atoms with van der Waals surface area (Å²) < 4.78 is 1.80. The lowest BCUT2D eigenvalue weighted by Gasteiger charge is -2.37. The van der Waals surface area contributed by atoms with Gasteiger partial charge in [-0.05, 0) is 23.8 Å². The number of carboxylic acids is 2. The monoisotopic (exact) mass is 408 g/mol. The summed E-state index contributed by atoms with van der Waals surface area (Å²) in [5, 5.41) is 20.0. The summed E-state index contributed by atoms with van der Waals surface area (Å²) in [4.78, 5) is 32.0. The fraction of sp³-hybridized carbons (Fsp3) is 0.318. The molecule has 0 unspecified atom stereocenters. The van der Waals surface area contributed by atoms with Gasteiger partial charge in [-0.2, -0.15) is 0 Å². The summed E-state index contributed by atoms with van der Waals surface area (Å²) in [7, 11) is 1.81. The SMILES string of the molecule is Cn1cc([C@@H](C(=O)O)N2CCN(Cc3cccnc3)CC2)c2ccc(C(=O)O)cc21. The van der Waals surface area contributed by atoms with Crippen molar-refractivity contribution in [1.82, 2.24) is 19.4 Å². The fourth-order valence-corrected chi connectivity index (χ4v) is 4.18. The topological polar surface area (TPSA) is 98.9 Å². The van der Waals surface area contributed by atoms with Gasteiger partial charge >= 0.3 is 11.9 Å². The van der Waals surface area contributed by atoms with Gasteiger partial charge in [0.25, 0.3) is 0 Å². The smallest absolute Gasteiger partial charge is 0.335 e. The van der Waals surface area contributed by atoms with Gasteiger partial charge in [-0.3, -0.25) is 19.6 Å². The number of carboxylic acid groups (broad SMARTS) is 2. The first-order chi connectivity index (χ1) is 14.4. The molecule has 1 fully saturated rings. The molecular formula is C22H24N4O4.